The van der Waals surface area contributed by atoms with Gasteiger partial charge in [0.1, 0.15) is 23.6 Å². The Morgan fingerprint density at radius 1 is 1.48 bits per heavy atom. The van der Waals surface area contributed by atoms with Gasteiger partial charge in [0, 0.05) is 38.9 Å². The summed E-state index contributed by atoms with van der Waals surface area (Å²) in [5.41, 5.74) is 0.771. The highest BCUT2D eigenvalue weighted by Gasteiger charge is 2.14. The highest BCUT2D eigenvalue weighted by Crippen LogP contribution is 2.16. The molecule has 0 saturated carbocycles. The van der Waals surface area contributed by atoms with E-state index in [4.69, 9.17) is 4.52 Å². The zero-order valence-corrected chi connectivity index (χ0v) is 12.9. The average Bonchev–Trinajstić information content (AvgIpc) is 3.05. The minimum absolute atomic E-state index is 0.0482. The molecule has 21 heavy (non-hydrogen) atoms. The predicted octanol–water partition coefficient (Wildman–Crippen LogP) is 1.52. The predicted molar refractivity (Wildman–Crippen MR) is 76.4 cm³/mol. The molecule has 1 amide bonds. The molecule has 114 valence electrons. The molecule has 0 fully saturated rings. The summed E-state index contributed by atoms with van der Waals surface area (Å²) < 4.78 is 7.05. The molecular weight excluding hydrogens is 270 g/mol. The van der Waals surface area contributed by atoms with Crippen LogP contribution in [0, 0.1) is 0 Å². The summed E-state index contributed by atoms with van der Waals surface area (Å²) >= 11 is 0. The SMILES string of the molecule is CC(C)c1cc(CN(C)C(=O)CCc2nncn2C)no1. The highest BCUT2D eigenvalue weighted by molar-refractivity contribution is 5.75. The van der Waals surface area contributed by atoms with Crippen LogP contribution in [0.15, 0.2) is 16.9 Å². The van der Waals surface area contributed by atoms with E-state index in [0.717, 1.165) is 17.3 Å². The number of aryl methyl sites for hydroxylation is 2. The van der Waals surface area contributed by atoms with Gasteiger partial charge in [-0.1, -0.05) is 19.0 Å². The smallest absolute Gasteiger partial charge is 0.223 e. The Hall–Kier alpha value is -2.18. The van der Waals surface area contributed by atoms with E-state index in [9.17, 15) is 4.79 Å². The maximum Gasteiger partial charge on any atom is 0.223 e. The van der Waals surface area contributed by atoms with E-state index in [0.29, 0.717) is 25.3 Å². The molecule has 0 spiro atoms. The van der Waals surface area contributed by atoms with E-state index in [-0.39, 0.29) is 5.91 Å². The summed E-state index contributed by atoms with van der Waals surface area (Å²) in [5.74, 6) is 1.99. The van der Waals surface area contributed by atoms with E-state index in [2.05, 4.69) is 15.4 Å². The Kier molecular flexibility index (Phi) is 4.72. The fourth-order valence-corrected chi connectivity index (χ4v) is 1.95. The number of carbonyl (C=O) groups is 1. The van der Waals surface area contributed by atoms with E-state index in [1.807, 2.05) is 31.5 Å². The van der Waals surface area contributed by atoms with Crippen molar-refractivity contribution < 1.29 is 9.32 Å². The number of rotatable bonds is 6. The van der Waals surface area contributed by atoms with Crippen molar-refractivity contribution in [3.63, 3.8) is 0 Å². The summed E-state index contributed by atoms with van der Waals surface area (Å²) in [6.45, 7) is 4.54. The van der Waals surface area contributed by atoms with Gasteiger partial charge in [-0.05, 0) is 0 Å². The molecule has 0 aliphatic carbocycles. The quantitative estimate of drug-likeness (QED) is 0.806. The van der Waals surface area contributed by atoms with Crippen LogP contribution in [0.4, 0.5) is 0 Å². The molecule has 0 saturated heterocycles. The summed E-state index contributed by atoms with van der Waals surface area (Å²) in [6.07, 6.45) is 2.61. The lowest BCUT2D eigenvalue weighted by Crippen LogP contribution is -2.26. The number of nitrogens with zero attached hydrogens (tertiary/aromatic N) is 5. The Morgan fingerprint density at radius 3 is 2.81 bits per heavy atom. The average molecular weight is 291 g/mol. The van der Waals surface area contributed by atoms with Crippen LogP contribution in [0.1, 0.15) is 43.5 Å². The molecule has 0 atom stereocenters. The molecule has 0 aliphatic heterocycles. The zero-order valence-electron chi connectivity index (χ0n) is 12.9. The maximum atomic E-state index is 12.1. The fourth-order valence-electron chi connectivity index (χ4n) is 1.95. The van der Waals surface area contributed by atoms with Gasteiger partial charge >= 0.3 is 0 Å². The molecule has 0 radical (unpaired) electrons. The van der Waals surface area contributed by atoms with Crippen LogP contribution in [0.3, 0.4) is 0 Å². The van der Waals surface area contributed by atoms with E-state index >= 15 is 0 Å². The topological polar surface area (TPSA) is 77.1 Å². The van der Waals surface area contributed by atoms with Crippen molar-refractivity contribution in [1.29, 1.82) is 0 Å². The van der Waals surface area contributed by atoms with Gasteiger partial charge in [-0.25, -0.2) is 0 Å². The fraction of sp³-hybridized carbons (Fsp3) is 0.571. The van der Waals surface area contributed by atoms with Gasteiger partial charge in [0.05, 0.1) is 6.54 Å². The molecule has 0 N–H and O–H groups in total. The Morgan fingerprint density at radius 2 is 2.24 bits per heavy atom. The van der Waals surface area contributed by atoms with Crippen LogP contribution >= 0.6 is 0 Å². The first-order valence-electron chi connectivity index (χ1n) is 6.99. The molecule has 0 aliphatic rings. The third-order valence-corrected chi connectivity index (χ3v) is 3.34. The number of hydrogen-bond donors (Lipinski definition) is 0. The summed E-state index contributed by atoms with van der Waals surface area (Å²) in [6, 6.07) is 1.90. The van der Waals surface area contributed by atoms with Crippen LogP contribution in [-0.2, 0) is 24.8 Å². The minimum atomic E-state index is 0.0482. The molecule has 2 rings (SSSR count). The summed E-state index contributed by atoms with van der Waals surface area (Å²) in [5, 5.41) is 11.8. The van der Waals surface area contributed by atoms with Crippen LogP contribution in [0.25, 0.3) is 0 Å². The third kappa shape index (κ3) is 3.90. The second kappa shape index (κ2) is 6.51. The normalized spacial score (nSPS) is 11.1. The van der Waals surface area contributed by atoms with Crippen molar-refractivity contribution in [2.75, 3.05) is 7.05 Å². The van der Waals surface area contributed by atoms with Crippen LogP contribution in [0.2, 0.25) is 0 Å². The van der Waals surface area contributed by atoms with Gasteiger partial charge < -0.3 is 14.0 Å². The van der Waals surface area contributed by atoms with Gasteiger partial charge in [0.2, 0.25) is 5.91 Å². The minimum Gasteiger partial charge on any atom is -0.361 e. The molecule has 0 aromatic carbocycles. The zero-order chi connectivity index (χ0) is 15.4. The van der Waals surface area contributed by atoms with Crippen molar-refractivity contribution in [2.24, 2.45) is 7.05 Å². The molecule has 0 bridgehead atoms. The number of amides is 1. The van der Waals surface area contributed by atoms with Gasteiger partial charge in [-0.2, -0.15) is 0 Å². The first kappa shape index (κ1) is 15.2. The van der Waals surface area contributed by atoms with E-state index in [1.54, 1.807) is 18.3 Å². The Bertz CT molecular complexity index is 602. The van der Waals surface area contributed by atoms with Crippen molar-refractivity contribution >= 4 is 5.91 Å². The number of aromatic nitrogens is 4. The lowest BCUT2D eigenvalue weighted by atomic mass is 10.1. The van der Waals surface area contributed by atoms with Crippen molar-refractivity contribution in [1.82, 2.24) is 24.8 Å². The molecule has 2 heterocycles. The second-order valence-electron chi connectivity index (χ2n) is 5.48. The van der Waals surface area contributed by atoms with Gasteiger partial charge in [0.25, 0.3) is 0 Å². The molecule has 7 nitrogen and oxygen atoms in total. The molecular formula is C14H21N5O2. The third-order valence-electron chi connectivity index (χ3n) is 3.34. The first-order valence-corrected chi connectivity index (χ1v) is 6.99. The summed E-state index contributed by atoms with van der Waals surface area (Å²) in [4.78, 5) is 13.8. The lowest BCUT2D eigenvalue weighted by Gasteiger charge is -2.15. The number of hydrogen-bond acceptors (Lipinski definition) is 5. The largest absolute Gasteiger partial charge is 0.361 e. The number of carbonyl (C=O) groups excluding carboxylic acids is 1. The van der Waals surface area contributed by atoms with Crippen LogP contribution in [-0.4, -0.2) is 37.8 Å². The first-order chi connectivity index (χ1) is 9.97. The molecule has 7 heteroatoms. The monoisotopic (exact) mass is 291 g/mol. The van der Waals surface area contributed by atoms with Crippen LogP contribution < -0.4 is 0 Å². The van der Waals surface area contributed by atoms with E-state index in [1.165, 1.54) is 0 Å². The van der Waals surface area contributed by atoms with Crippen LogP contribution in [0.5, 0.6) is 0 Å². The van der Waals surface area contributed by atoms with Gasteiger partial charge in [-0.3, -0.25) is 4.79 Å². The Labute approximate surface area is 123 Å². The van der Waals surface area contributed by atoms with E-state index < -0.39 is 0 Å². The van der Waals surface area contributed by atoms with Gasteiger partial charge in [-0.15, -0.1) is 10.2 Å². The summed E-state index contributed by atoms with van der Waals surface area (Å²) in [7, 11) is 3.63. The molecule has 0 unspecified atom stereocenters. The van der Waals surface area contributed by atoms with Crippen molar-refractivity contribution in [2.45, 2.75) is 39.2 Å². The Balaban J connectivity index is 1.85. The van der Waals surface area contributed by atoms with Crippen molar-refractivity contribution in [3.05, 3.63) is 29.7 Å². The molecule has 2 aromatic heterocycles. The lowest BCUT2D eigenvalue weighted by molar-refractivity contribution is -0.130. The standard InChI is InChI=1S/C14H21N5O2/c1-10(2)12-7-11(17-21-12)8-18(3)14(20)6-5-13-16-15-9-19(13)4/h7,9-10H,5-6,8H2,1-4H3. The highest BCUT2D eigenvalue weighted by atomic mass is 16.5. The second-order valence-corrected chi connectivity index (χ2v) is 5.48. The molecule has 2 aromatic rings. The maximum absolute atomic E-state index is 12.1. The van der Waals surface area contributed by atoms with Gasteiger partial charge in [0.15, 0.2) is 0 Å². The van der Waals surface area contributed by atoms with Crippen molar-refractivity contribution in [3.8, 4) is 0 Å².